The van der Waals surface area contributed by atoms with E-state index in [0.29, 0.717) is 11.5 Å². The van der Waals surface area contributed by atoms with Gasteiger partial charge in [0.1, 0.15) is 11.5 Å². The zero-order valence-electron chi connectivity index (χ0n) is 17.9. The van der Waals surface area contributed by atoms with Gasteiger partial charge in [-0.3, -0.25) is 5.43 Å². The highest BCUT2D eigenvalue weighted by Gasteiger charge is 2.32. The SMILES string of the molecule is COc1ccc(N/N=C2\c3cc(OC)c(OC)cc3-c3c2c2ccccc2n3C)cc1. The van der Waals surface area contributed by atoms with Gasteiger partial charge in [-0.15, -0.1) is 0 Å². The zero-order valence-corrected chi connectivity index (χ0v) is 17.9. The molecule has 1 heterocycles. The Morgan fingerprint density at radius 3 is 2.16 bits per heavy atom. The summed E-state index contributed by atoms with van der Waals surface area (Å²) in [4.78, 5) is 0. The first-order chi connectivity index (χ1) is 15.2. The number of rotatable bonds is 5. The second-order valence-electron chi connectivity index (χ2n) is 7.35. The Kier molecular flexibility index (Phi) is 4.55. The molecule has 156 valence electrons. The van der Waals surface area contributed by atoms with E-state index in [2.05, 4.69) is 41.3 Å². The molecule has 0 atom stereocenters. The molecule has 0 fully saturated rings. The number of methoxy groups -OCH3 is 3. The molecule has 0 spiro atoms. The van der Waals surface area contributed by atoms with Gasteiger partial charge in [0.05, 0.1) is 32.7 Å². The highest BCUT2D eigenvalue weighted by atomic mass is 16.5. The predicted molar refractivity (Wildman–Crippen MR) is 124 cm³/mol. The molecule has 6 heteroatoms. The molecule has 4 aromatic rings. The van der Waals surface area contributed by atoms with E-state index in [9.17, 15) is 0 Å². The lowest BCUT2D eigenvalue weighted by Crippen LogP contribution is -2.04. The average Bonchev–Trinajstić information content (AvgIpc) is 3.29. The summed E-state index contributed by atoms with van der Waals surface area (Å²) in [5.41, 5.74) is 10.4. The van der Waals surface area contributed by atoms with Gasteiger partial charge in [-0.1, -0.05) is 18.2 Å². The number of para-hydroxylation sites is 1. The molecule has 0 saturated carbocycles. The molecule has 5 rings (SSSR count). The van der Waals surface area contributed by atoms with Gasteiger partial charge < -0.3 is 18.8 Å². The highest BCUT2D eigenvalue weighted by molar-refractivity contribution is 6.30. The van der Waals surface area contributed by atoms with E-state index in [1.807, 2.05) is 36.4 Å². The fourth-order valence-corrected chi connectivity index (χ4v) is 4.26. The lowest BCUT2D eigenvalue weighted by Gasteiger charge is -2.12. The van der Waals surface area contributed by atoms with Crippen LogP contribution in [0.3, 0.4) is 0 Å². The Bertz CT molecular complexity index is 1320. The van der Waals surface area contributed by atoms with Crippen LogP contribution in [0.4, 0.5) is 5.69 Å². The standard InChI is InChI=1S/C25H23N3O3/c1-28-20-8-6-5-7-17(20)23-24(27-26-15-9-11-16(29-2)12-10-15)18-13-21(30-3)22(31-4)14-19(18)25(23)28/h5-14,26H,1-4H3/b27-24+. The maximum absolute atomic E-state index is 5.58. The first-order valence-electron chi connectivity index (χ1n) is 9.98. The van der Waals surface area contributed by atoms with E-state index in [1.165, 1.54) is 0 Å². The molecule has 0 unspecified atom stereocenters. The van der Waals surface area contributed by atoms with Gasteiger partial charge >= 0.3 is 0 Å². The van der Waals surface area contributed by atoms with Crippen molar-refractivity contribution in [1.29, 1.82) is 0 Å². The van der Waals surface area contributed by atoms with Gasteiger partial charge in [-0.25, -0.2) is 0 Å². The summed E-state index contributed by atoms with van der Waals surface area (Å²) in [5, 5.41) is 6.00. The number of nitrogens with zero attached hydrogens (tertiary/aromatic N) is 2. The molecule has 1 aliphatic carbocycles. The molecular formula is C25H23N3O3. The third kappa shape index (κ3) is 2.91. The molecule has 31 heavy (non-hydrogen) atoms. The maximum atomic E-state index is 5.58. The summed E-state index contributed by atoms with van der Waals surface area (Å²) in [7, 11) is 7.04. The number of fused-ring (bicyclic) bond motifs is 5. The van der Waals surface area contributed by atoms with E-state index in [-0.39, 0.29) is 0 Å². The van der Waals surface area contributed by atoms with Gasteiger partial charge in [0, 0.05) is 34.6 Å². The van der Waals surface area contributed by atoms with Crippen molar-refractivity contribution in [3.63, 3.8) is 0 Å². The molecule has 1 N–H and O–H groups in total. The quantitative estimate of drug-likeness (QED) is 0.410. The largest absolute Gasteiger partial charge is 0.497 e. The van der Waals surface area contributed by atoms with Crippen LogP contribution in [-0.4, -0.2) is 31.6 Å². The van der Waals surface area contributed by atoms with Crippen molar-refractivity contribution in [1.82, 2.24) is 4.57 Å². The molecule has 0 radical (unpaired) electrons. The van der Waals surface area contributed by atoms with Gasteiger partial charge in [0.15, 0.2) is 11.5 Å². The number of ether oxygens (including phenoxy) is 3. The second-order valence-corrected chi connectivity index (χ2v) is 7.35. The van der Waals surface area contributed by atoms with Crippen molar-refractivity contribution in [2.24, 2.45) is 12.1 Å². The van der Waals surface area contributed by atoms with Crippen LogP contribution in [0.25, 0.3) is 22.2 Å². The number of nitrogens with one attached hydrogen (secondary N) is 1. The molecule has 0 aliphatic heterocycles. The van der Waals surface area contributed by atoms with Gasteiger partial charge in [-0.05, 0) is 42.5 Å². The molecular weight excluding hydrogens is 390 g/mol. The van der Waals surface area contributed by atoms with Crippen molar-refractivity contribution in [3.8, 4) is 28.5 Å². The van der Waals surface area contributed by atoms with Crippen LogP contribution in [0.5, 0.6) is 17.2 Å². The summed E-state index contributed by atoms with van der Waals surface area (Å²) in [6.45, 7) is 0. The highest BCUT2D eigenvalue weighted by Crippen LogP contribution is 2.46. The summed E-state index contributed by atoms with van der Waals surface area (Å²) in [5.74, 6) is 2.18. The van der Waals surface area contributed by atoms with Crippen LogP contribution in [0.15, 0.2) is 65.8 Å². The van der Waals surface area contributed by atoms with Crippen molar-refractivity contribution in [2.75, 3.05) is 26.8 Å². The number of benzene rings is 3. The topological polar surface area (TPSA) is 57.0 Å². The molecule has 1 aromatic heterocycles. The van der Waals surface area contributed by atoms with E-state index >= 15 is 0 Å². The molecule has 0 amide bonds. The van der Waals surface area contributed by atoms with Crippen LogP contribution in [0, 0.1) is 0 Å². The van der Waals surface area contributed by atoms with Crippen molar-refractivity contribution in [3.05, 3.63) is 71.8 Å². The van der Waals surface area contributed by atoms with Gasteiger partial charge in [0.25, 0.3) is 0 Å². The fraction of sp³-hybridized carbons (Fsp3) is 0.160. The Hall–Kier alpha value is -3.93. The molecule has 3 aromatic carbocycles. The Morgan fingerprint density at radius 1 is 0.806 bits per heavy atom. The minimum absolute atomic E-state index is 0.676. The summed E-state index contributed by atoms with van der Waals surface area (Å²) in [6.07, 6.45) is 0. The van der Waals surface area contributed by atoms with Crippen LogP contribution >= 0.6 is 0 Å². The van der Waals surface area contributed by atoms with Crippen LogP contribution in [0.2, 0.25) is 0 Å². The van der Waals surface area contributed by atoms with Crippen molar-refractivity contribution >= 4 is 22.3 Å². The summed E-state index contributed by atoms with van der Waals surface area (Å²) in [6, 6.07) is 20.1. The number of hydrazone groups is 1. The van der Waals surface area contributed by atoms with Crippen molar-refractivity contribution < 1.29 is 14.2 Å². The molecule has 0 bridgehead atoms. The fourth-order valence-electron chi connectivity index (χ4n) is 4.26. The Labute approximate surface area is 180 Å². The van der Waals surface area contributed by atoms with Gasteiger partial charge in [-0.2, -0.15) is 5.10 Å². The van der Waals surface area contributed by atoms with E-state index in [4.69, 9.17) is 19.3 Å². The van der Waals surface area contributed by atoms with Crippen LogP contribution in [0.1, 0.15) is 11.1 Å². The first-order valence-corrected chi connectivity index (χ1v) is 9.98. The minimum Gasteiger partial charge on any atom is -0.497 e. The van der Waals surface area contributed by atoms with Gasteiger partial charge in [0.2, 0.25) is 0 Å². The van der Waals surface area contributed by atoms with Crippen LogP contribution < -0.4 is 19.6 Å². The number of aromatic nitrogens is 1. The summed E-state index contributed by atoms with van der Waals surface area (Å²) >= 11 is 0. The second kappa shape index (κ2) is 7.40. The third-order valence-electron chi connectivity index (χ3n) is 5.76. The lowest BCUT2D eigenvalue weighted by atomic mass is 10.1. The molecule has 0 saturated heterocycles. The number of anilines is 1. The van der Waals surface area contributed by atoms with E-state index in [0.717, 1.165) is 50.4 Å². The minimum atomic E-state index is 0.676. The Morgan fingerprint density at radius 2 is 1.48 bits per heavy atom. The average molecular weight is 413 g/mol. The number of hydrogen-bond donors (Lipinski definition) is 1. The molecule has 1 aliphatic rings. The molecule has 6 nitrogen and oxygen atoms in total. The number of hydrogen-bond acceptors (Lipinski definition) is 5. The monoisotopic (exact) mass is 413 g/mol. The predicted octanol–water partition coefficient (Wildman–Crippen LogP) is 5.05. The summed E-state index contributed by atoms with van der Waals surface area (Å²) < 4.78 is 18.6. The number of aryl methyl sites for hydroxylation is 1. The van der Waals surface area contributed by atoms with E-state index < -0.39 is 0 Å². The van der Waals surface area contributed by atoms with E-state index in [1.54, 1.807) is 21.3 Å². The lowest BCUT2D eigenvalue weighted by molar-refractivity contribution is 0.355. The smallest absolute Gasteiger partial charge is 0.161 e. The Balaban J connectivity index is 1.72. The van der Waals surface area contributed by atoms with Crippen LogP contribution in [-0.2, 0) is 7.05 Å². The zero-order chi connectivity index (χ0) is 21.5. The normalized spacial score (nSPS) is 13.2. The maximum Gasteiger partial charge on any atom is 0.161 e. The van der Waals surface area contributed by atoms with Crippen molar-refractivity contribution in [2.45, 2.75) is 0 Å². The first kappa shape index (κ1) is 19.1. The third-order valence-corrected chi connectivity index (χ3v) is 5.76.